The minimum absolute atomic E-state index is 0.0437. The molecular formula is C33H41N7O5. The summed E-state index contributed by atoms with van der Waals surface area (Å²) in [4.78, 5) is 62.4. The zero-order chi connectivity index (χ0) is 32.1. The molecule has 3 aromatic rings. The van der Waals surface area contributed by atoms with E-state index in [9.17, 15) is 19.2 Å². The number of hydrogen-bond acceptors (Lipinski definition) is 8. The third-order valence-corrected chi connectivity index (χ3v) is 8.00. The molecule has 2 fully saturated rings. The molecule has 0 aliphatic carbocycles. The van der Waals surface area contributed by atoms with Crippen molar-refractivity contribution in [2.24, 2.45) is 0 Å². The molecule has 2 aromatic carbocycles. The maximum Gasteiger partial charge on any atom is 0.247 e. The molecule has 2 aliphatic heterocycles. The van der Waals surface area contributed by atoms with E-state index < -0.39 is 12.1 Å². The Balaban J connectivity index is 1.17. The normalized spacial score (nSPS) is 18.1. The first-order valence-electron chi connectivity index (χ1n) is 15.3. The summed E-state index contributed by atoms with van der Waals surface area (Å²) in [6.45, 7) is 1.73. The number of nitrogens with one attached hydrogen (secondary N) is 2. The Hall–Kier alpha value is -4.55. The van der Waals surface area contributed by atoms with Gasteiger partial charge in [-0.25, -0.2) is 4.98 Å². The number of carbonyl (C=O) groups is 4. The number of amides is 4. The predicted molar refractivity (Wildman–Crippen MR) is 171 cm³/mol. The summed E-state index contributed by atoms with van der Waals surface area (Å²) in [5.74, 6) is 0.533. The molecule has 1 aromatic heterocycles. The lowest BCUT2D eigenvalue weighted by Crippen LogP contribution is -2.46. The van der Waals surface area contributed by atoms with Gasteiger partial charge in [0.05, 0.1) is 19.3 Å². The van der Waals surface area contributed by atoms with Crippen LogP contribution in [0, 0.1) is 0 Å². The van der Waals surface area contributed by atoms with Crippen LogP contribution in [-0.2, 0) is 19.2 Å². The Kier molecular flexibility index (Phi) is 9.94. The first kappa shape index (κ1) is 31.9. The Morgan fingerprint density at radius 1 is 0.733 bits per heavy atom. The van der Waals surface area contributed by atoms with E-state index in [1.807, 2.05) is 52.5 Å². The van der Waals surface area contributed by atoms with Crippen LogP contribution in [-0.4, -0.2) is 115 Å². The van der Waals surface area contributed by atoms with E-state index in [1.165, 1.54) is 0 Å². The quantitative estimate of drug-likeness (QED) is 0.356. The zero-order valence-electron chi connectivity index (χ0n) is 26.3. The van der Waals surface area contributed by atoms with Crippen molar-refractivity contribution in [3.8, 4) is 22.8 Å². The number of aromatic nitrogens is 1. The summed E-state index contributed by atoms with van der Waals surface area (Å²) in [5, 5.41) is 5.87. The zero-order valence-corrected chi connectivity index (χ0v) is 26.3. The van der Waals surface area contributed by atoms with Gasteiger partial charge in [0.1, 0.15) is 12.1 Å². The molecule has 0 radical (unpaired) electrons. The monoisotopic (exact) mass is 615 g/mol. The first-order valence-corrected chi connectivity index (χ1v) is 15.3. The standard InChI is InChI=1S/C33H41N7O5/c1-37(2)20-29(41)39-17-5-7-26(39)31(43)35-24-13-9-22(10-14-24)28-19-34-33(45-28)23-11-15-25(16-12-23)36-32(44)27-8-6-18-40(27)30(42)21-38(3)4/h9-16,19,26-27H,5-8,17-18,20-21H2,1-4H3,(H,35,43)(H,36,44). The van der Waals surface area contributed by atoms with Crippen molar-refractivity contribution < 1.29 is 23.6 Å². The van der Waals surface area contributed by atoms with E-state index in [0.717, 1.165) is 24.0 Å². The molecule has 0 saturated carbocycles. The Bertz CT molecular complexity index is 1400. The number of anilines is 2. The number of likely N-dealkylation sites (N-methyl/N-ethyl adjacent to an activating group) is 2. The molecule has 2 atom stereocenters. The Morgan fingerprint density at radius 2 is 1.18 bits per heavy atom. The van der Waals surface area contributed by atoms with E-state index >= 15 is 0 Å². The van der Waals surface area contributed by atoms with E-state index in [4.69, 9.17) is 4.42 Å². The molecule has 5 rings (SSSR count). The number of oxazole rings is 1. The molecule has 0 spiro atoms. The highest BCUT2D eigenvalue weighted by molar-refractivity contribution is 5.98. The summed E-state index contributed by atoms with van der Waals surface area (Å²) in [6.07, 6.45) is 4.55. The first-order chi connectivity index (χ1) is 21.6. The van der Waals surface area contributed by atoms with Gasteiger partial charge >= 0.3 is 0 Å². The Morgan fingerprint density at radius 3 is 1.62 bits per heavy atom. The van der Waals surface area contributed by atoms with Gasteiger partial charge in [-0.3, -0.25) is 19.2 Å². The number of carbonyl (C=O) groups excluding carboxylic acids is 4. The van der Waals surface area contributed by atoms with Crippen LogP contribution in [0.5, 0.6) is 0 Å². The topological polar surface area (TPSA) is 131 Å². The molecule has 3 heterocycles. The van der Waals surface area contributed by atoms with Crippen LogP contribution in [0.25, 0.3) is 22.8 Å². The summed E-state index contributed by atoms with van der Waals surface area (Å²) in [5.41, 5.74) is 2.81. The van der Waals surface area contributed by atoms with Gasteiger partial charge in [-0.2, -0.15) is 0 Å². The van der Waals surface area contributed by atoms with Gasteiger partial charge in [0.25, 0.3) is 0 Å². The molecule has 2 unspecified atom stereocenters. The molecule has 2 saturated heterocycles. The van der Waals surface area contributed by atoms with Crippen molar-refractivity contribution >= 4 is 35.0 Å². The predicted octanol–water partition coefficient (Wildman–Crippen LogP) is 2.99. The highest BCUT2D eigenvalue weighted by Gasteiger charge is 2.35. The lowest BCUT2D eigenvalue weighted by Gasteiger charge is -2.25. The average molecular weight is 616 g/mol. The number of likely N-dealkylation sites (tertiary alicyclic amines) is 2. The Labute approximate surface area is 263 Å². The summed E-state index contributed by atoms with van der Waals surface area (Å²) in [6, 6.07) is 13.6. The smallest absolute Gasteiger partial charge is 0.247 e. The van der Waals surface area contributed by atoms with Crippen LogP contribution >= 0.6 is 0 Å². The summed E-state index contributed by atoms with van der Waals surface area (Å²) < 4.78 is 6.02. The third-order valence-electron chi connectivity index (χ3n) is 8.00. The second-order valence-corrected chi connectivity index (χ2v) is 12.1. The summed E-state index contributed by atoms with van der Waals surface area (Å²) in [7, 11) is 7.35. The van der Waals surface area contributed by atoms with Crippen molar-refractivity contribution in [1.29, 1.82) is 0 Å². The van der Waals surface area contributed by atoms with Gasteiger partial charge in [0.15, 0.2) is 5.76 Å². The largest absolute Gasteiger partial charge is 0.436 e. The van der Waals surface area contributed by atoms with Crippen LogP contribution in [0.1, 0.15) is 25.7 Å². The van der Waals surface area contributed by atoms with Crippen molar-refractivity contribution in [3.05, 3.63) is 54.7 Å². The van der Waals surface area contributed by atoms with Gasteiger partial charge in [0, 0.05) is 35.6 Å². The molecular weight excluding hydrogens is 574 g/mol. The second kappa shape index (κ2) is 14.0. The van der Waals surface area contributed by atoms with Crippen LogP contribution in [0.15, 0.2) is 59.1 Å². The summed E-state index contributed by atoms with van der Waals surface area (Å²) >= 11 is 0. The lowest BCUT2D eigenvalue weighted by atomic mass is 10.1. The number of hydrogen-bond donors (Lipinski definition) is 2. The molecule has 4 amide bonds. The fourth-order valence-corrected chi connectivity index (χ4v) is 5.80. The van der Waals surface area contributed by atoms with E-state index in [2.05, 4.69) is 15.6 Å². The maximum atomic E-state index is 13.0. The third kappa shape index (κ3) is 7.76. The maximum absolute atomic E-state index is 13.0. The lowest BCUT2D eigenvalue weighted by molar-refractivity contribution is -0.137. The highest BCUT2D eigenvalue weighted by atomic mass is 16.4. The van der Waals surface area contributed by atoms with Crippen LogP contribution in [0.3, 0.4) is 0 Å². The van der Waals surface area contributed by atoms with Crippen LogP contribution < -0.4 is 10.6 Å². The molecule has 12 nitrogen and oxygen atoms in total. The number of benzene rings is 2. The van der Waals surface area contributed by atoms with Crippen molar-refractivity contribution in [1.82, 2.24) is 24.6 Å². The molecule has 2 aliphatic rings. The SMILES string of the molecule is CN(C)CC(=O)N1CCCC1C(=O)Nc1ccc(-c2cnc(-c3ccc(NC(=O)C4CCCN4C(=O)CN(C)C)cc3)o2)cc1. The minimum atomic E-state index is -0.471. The highest BCUT2D eigenvalue weighted by Crippen LogP contribution is 2.29. The number of nitrogens with zero attached hydrogens (tertiary/aromatic N) is 5. The van der Waals surface area contributed by atoms with Crippen molar-refractivity contribution in [2.45, 2.75) is 37.8 Å². The van der Waals surface area contributed by atoms with Crippen molar-refractivity contribution in [2.75, 3.05) is 65.0 Å². The minimum Gasteiger partial charge on any atom is -0.436 e. The molecule has 12 heteroatoms. The van der Waals surface area contributed by atoms with E-state index in [1.54, 1.807) is 50.1 Å². The van der Waals surface area contributed by atoms with Crippen molar-refractivity contribution in [3.63, 3.8) is 0 Å². The van der Waals surface area contributed by atoms with Gasteiger partial charge in [-0.1, -0.05) is 0 Å². The molecule has 0 bridgehead atoms. The fraction of sp³-hybridized carbons (Fsp3) is 0.424. The molecule has 45 heavy (non-hydrogen) atoms. The van der Waals surface area contributed by atoms with E-state index in [-0.39, 0.29) is 36.7 Å². The van der Waals surface area contributed by atoms with Gasteiger partial charge in [-0.15, -0.1) is 0 Å². The van der Waals surface area contributed by atoms with Gasteiger partial charge in [0.2, 0.25) is 29.5 Å². The van der Waals surface area contributed by atoms with Gasteiger partial charge < -0.3 is 34.7 Å². The molecule has 2 N–H and O–H groups in total. The number of rotatable bonds is 10. The van der Waals surface area contributed by atoms with Crippen LogP contribution in [0.2, 0.25) is 0 Å². The molecule has 238 valence electrons. The second-order valence-electron chi connectivity index (χ2n) is 12.1. The average Bonchev–Trinajstić information content (AvgIpc) is 3.78. The van der Waals surface area contributed by atoms with Gasteiger partial charge in [-0.05, 0) is 102 Å². The van der Waals surface area contributed by atoms with E-state index in [0.29, 0.717) is 49.0 Å². The van der Waals surface area contributed by atoms with Crippen LogP contribution in [0.4, 0.5) is 11.4 Å². The fourth-order valence-electron chi connectivity index (χ4n) is 5.80.